The smallest absolute Gasteiger partial charge is 0.336 e. The van der Waals surface area contributed by atoms with Crippen molar-refractivity contribution in [3.63, 3.8) is 0 Å². The van der Waals surface area contributed by atoms with Crippen LogP contribution in [0.4, 0.5) is 4.39 Å². The minimum Gasteiger partial charge on any atom is -0.493 e. The first-order chi connectivity index (χ1) is 19.7. The Morgan fingerprint density at radius 3 is 2.07 bits per heavy atom. The Morgan fingerprint density at radius 1 is 1.00 bits per heavy atom. The van der Waals surface area contributed by atoms with Crippen LogP contribution in [-0.2, 0) is 26.5 Å². The van der Waals surface area contributed by atoms with E-state index >= 15 is 0 Å². The topological polar surface area (TPSA) is 174 Å². The van der Waals surface area contributed by atoms with Crippen molar-refractivity contribution in [1.29, 1.82) is 0 Å². The molecule has 2 aliphatic heterocycles. The second-order valence-corrected chi connectivity index (χ2v) is 11.1. The maximum atomic E-state index is 13.7. The van der Waals surface area contributed by atoms with Crippen LogP contribution in [0.25, 0.3) is 0 Å². The van der Waals surface area contributed by atoms with E-state index in [9.17, 15) is 23.9 Å². The molecule has 2 atom stereocenters. The van der Waals surface area contributed by atoms with Crippen molar-refractivity contribution in [2.75, 3.05) is 7.11 Å². The summed E-state index contributed by atoms with van der Waals surface area (Å²) >= 11 is 0. The largest absolute Gasteiger partial charge is 0.493 e. The number of methoxy groups -OCH3 is 1. The second kappa shape index (κ2) is 13.5. The summed E-state index contributed by atoms with van der Waals surface area (Å²) in [6.45, 7) is 4.82. The zero-order valence-electron chi connectivity index (χ0n) is 23.8. The van der Waals surface area contributed by atoms with Gasteiger partial charge in [0.15, 0.2) is 17.1 Å². The maximum Gasteiger partial charge on any atom is 0.336 e. The van der Waals surface area contributed by atoms with E-state index in [1.807, 2.05) is 26.0 Å². The molecule has 2 heterocycles. The van der Waals surface area contributed by atoms with Gasteiger partial charge in [-0.15, -0.1) is 0 Å². The first-order valence-corrected chi connectivity index (χ1v) is 13.6. The summed E-state index contributed by atoms with van der Waals surface area (Å²) in [4.78, 5) is 33.0. The highest BCUT2D eigenvalue weighted by atomic mass is 19.1. The Kier molecular flexibility index (Phi) is 10.5. The fourth-order valence-corrected chi connectivity index (χ4v) is 5.68. The van der Waals surface area contributed by atoms with E-state index in [1.165, 1.54) is 17.7 Å². The average Bonchev–Trinajstić information content (AvgIpc) is 3.12. The number of nitrogens with zero attached hydrogens (tertiary/aromatic N) is 1. The van der Waals surface area contributed by atoms with Crippen LogP contribution in [0, 0.1) is 5.82 Å². The number of fused-ring (bicyclic) bond motifs is 2. The van der Waals surface area contributed by atoms with Crippen LogP contribution in [0.5, 0.6) is 11.5 Å². The third kappa shape index (κ3) is 8.17. The van der Waals surface area contributed by atoms with E-state index in [1.54, 1.807) is 13.2 Å². The van der Waals surface area contributed by atoms with Crippen molar-refractivity contribution in [3.8, 4) is 11.5 Å². The van der Waals surface area contributed by atoms with Crippen LogP contribution >= 0.6 is 0 Å². The predicted octanol–water partition coefficient (Wildman–Crippen LogP) is 3.39. The molecule has 12 heteroatoms. The molecule has 2 fully saturated rings. The third-order valence-corrected chi connectivity index (χ3v) is 7.52. The highest BCUT2D eigenvalue weighted by molar-refractivity contribution is 5.88. The van der Waals surface area contributed by atoms with Crippen LogP contribution < -0.4 is 9.47 Å². The molecule has 5 N–H and O–H groups in total. The van der Waals surface area contributed by atoms with Gasteiger partial charge in [0.25, 0.3) is 0 Å². The molecule has 0 aromatic heterocycles. The van der Waals surface area contributed by atoms with E-state index in [4.69, 9.17) is 29.9 Å². The number of rotatable bonds is 11. The minimum atomic E-state index is -2.74. The van der Waals surface area contributed by atoms with E-state index < -0.39 is 42.0 Å². The number of carbonyl (C=O) groups is 3. The van der Waals surface area contributed by atoms with Gasteiger partial charge in [0.2, 0.25) is 0 Å². The molecule has 230 valence electrons. The lowest BCUT2D eigenvalue weighted by molar-refractivity contribution is -0.170. The molecule has 4 rings (SSSR count). The van der Waals surface area contributed by atoms with Crippen molar-refractivity contribution in [2.45, 2.75) is 88.3 Å². The lowest BCUT2D eigenvalue weighted by Gasteiger charge is -2.44. The fourth-order valence-electron chi connectivity index (χ4n) is 5.68. The summed E-state index contributed by atoms with van der Waals surface area (Å²) in [7, 11) is 1.65. The molecule has 2 unspecified atom stereocenters. The Morgan fingerprint density at radius 2 is 1.60 bits per heavy atom. The molecule has 2 bridgehead atoms. The molecule has 0 aliphatic carbocycles. The molecule has 2 saturated heterocycles. The number of carboxylic acids is 3. The van der Waals surface area contributed by atoms with Crippen molar-refractivity contribution in [3.05, 3.63) is 59.4 Å². The van der Waals surface area contributed by atoms with Gasteiger partial charge in [-0.3, -0.25) is 14.5 Å². The number of halogens is 1. The van der Waals surface area contributed by atoms with E-state index in [-0.39, 0.29) is 11.9 Å². The highest BCUT2D eigenvalue weighted by Crippen LogP contribution is 2.46. The fraction of sp³-hybridized carbons (Fsp3) is 0.500. The molecule has 0 spiro atoms. The lowest BCUT2D eigenvalue weighted by atomic mass is 9.80. The molecule has 2 aromatic rings. The van der Waals surface area contributed by atoms with Gasteiger partial charge in [0.1, 0.15) is 5.82 Å². The molecular formula is C30H38FNO10. The van der Waals surface area contributed by atoms with Crippen LogP contribution in [0.3, 0.4) is 0 Å². The molecule has 0 saturated carbocycles. The standard InChI is InChI=1S/C24H30FNO3.C6H8O7/c1-16(2)29-23-11-17(7-10-22(23)28-3)15-26-20-8-9-21(26)14-24(27,13-20)18-5-4-6-19(25)12-18;7-3(8)1-6(13,5(11)12)2-4(9)10/h4-7,10-12,16,20-21,27H,8-9,13-15H2,1-3H3;13H,1-2H2,(H,7,8)(H,9,10)(H,11,12). The monoisotopic (exact) mass is 591 g/mol. The van der Waals surface area contributed by atoms with Crippen LogP contribution in [0.1, 0.15) is 63.5 Å². The van der Waals surface area contributed by atoms with Crippen molar-refractivity contribution < 1.29 is 53.8 Å². The highest BCUT2D eigenvalue weighted by Gasteiger charge is 2.48. The molecule has 0 radical (unpaired) electrons. The summed E-state index contributed by atoms with van der Waals surface area (Å²) in [6, 6.07) is 13.1. The summed E-state index contributed by atoms with van der Waals surface area (Å²) in [5, 5.41) is 45.1. The van der Waals surface area contributed by atoms with E-state index in [2.05, 4.69) is 17.0 Å². The Balaban J connectivity index is 0.000000316. The number of aliphatic carboxylic acids is 3. The van der Waals surface area contributed by atoms with Gasteiger partial charge >= 0.3 is 17.9 Å². The first-order valence-electron chi connectivity index (χ1n) is 13.6. The van der Waals surface area contributed by atoms with Gasteiger partial charge in [0, 0.05) is 18.6 Å². The van der Waals surface area contributed by atoms with Crippen LogP contribution in [-0.4, -0.2) is 79.2 Å². The predicted molar refractivity (Wildman–Crippen MR) is 148 cm³/mol. The number of aliphatic hydroxyl groups is 2. The zero-order valence-corrected chi connectivity index (χ0v) is 23.8. The Labute approximate surface area is 243 Å². The van der Waals surface area contributed by atoms with Gasteiger partial charge in [-0.2, -0.15) is 0 Å². The average molecular weight is 592 g/mol. The van der Waals surface area contributed by atoms with Gasteiger partial charge in [-0.25, -0.2) is 9.18 Å². The molecule has 2 aromatic carbocycles. The molecule has 0 amide bonds. The summed E-state index contributed by atoms with van der Waals surface area (Å²) < 4.78 is 25.1. The molecule has 2 aliphatic rings. The summed E-state index contributed by atoms with van der Waals surface area (Å²) in [5.41, 5.74) is -1.81. The van der Waals surface area contributed by atoms with Gasteiger partial charge in [-0.1, -0.05) is 18.2 Å². The normalized spacial score (nSPS) is 21.8. The van der Waals surface area contributed by atoms with E-state index in [0.29, 0.717) is 30.5 Å². The third-order valence-electron chi connectivity index (χ3n) is 7.52. The number of carboxylic acid groups (broad SMARTS) is 3. The number of benzene rings is 2. The molecule has 11 nitrogen and oxygen atoms in total. The maximum absolute atomic E-state index is 13.7. The van der Waals surface area contributed by atoms with Crippen LogP contribution in [0.15, 0.2) is 42.5 Å². The van der Waals surface area contributed by atoms with Crippen LogP contribution in [0.2, 0.25) is 0 Å². The Bertz CT molecular complexity index is 1250. The van der Waals surface area contributed by atoms with Crippen molar-refractivity contribution in [2.24, 2.45) is 0 Å². The summed E-state index contributed by atoms with van der Waals surface area (Å²) in [5.74, 6) is -3.80. The van der Waals surface area contributed by atoms with Crippen molar-refractivity contribution >= 4 is 17.9 Å². The van der Waals surface area contributed by atoms with E-state index in [0.717, 1.165) is 30.9 Å². The molecular weight excluding hydrogens is 553 g/mol. The number of piperidine rings is 1. The van der Waals surface area contributed by atoms with Gasteiger partial charge in [0.05, 0.1) is 31.7 Å². The SMILES string of the molecule is COc1ccc(CN2C3CCC2CC(O)(c2cccc(F)c2)C3)cc1OC(C)C.O=C(O)CC(O)(CC(=O)O)C(=O)O. The van der Waals surface area contributed by atoms with Gasteiger partial charge in [-0.05, 0) is 74.9 Å². The van der Waals surface area contributed by atoms with Crippen molar-refractivity contribution in [1.82, 2.24) is 4.90 Å². The first kappa shape index (κ1) is 32.8. The quantitative estimate of drug-likeness (QED) is 0.259. The zero-order chi connectivity index (χ0) is 31.2. The number of ether oxygens (including phenoxy) is 2. The van der Waals surface area contributed by atoms with Gasteiger partial charge < -0.3 is 35.0 Å². The lowest BCUT2D eigenvalue weighted by Crippen LogP contribution is -2.49. The summed E-state index contributed by atoms with van der Waals surface area (Å²) in [6.07, 6.45) is 1.19. The second-order valence-electron chi connectivity index (χ2n) is 11.1. The molecule has 42 heavy (non-hydrogen) atoms. The Hall–Kier alpha value is -3.74. The minimum absolute atomic E-state index is 0.0755. The number of hydrogen-bond acceptors (Lipinski definition) is 8. The number of hydrogen-bond donors (Lipinski definition) is 5.